The van der Waals surface area contributed by atoms with E-state index in [0.717, 1.165) is 6.42 Å². The van der Waals surface area contributed by atoms with E-state index in [0.29, 0.717) is 11.5 Å². The molecule has 0 radical (unpaired) electrons. The number of nitrogens with zero attached hydrogens (tertiary/aromatic N) is 1. The Labute approximate surface area is 101 Å². The lowest BCUT2D eigenvalue weighted by Crippen LogP contribution is -2.37. The molecule has 1 amide bonds. The lowest BCUT2D eigenvalue weighted by Gasteiger charge is -2.17. The Morgan fingerprint density at radius 3 is 2.82 bits per heavy atom. The van der Waals surface area contributed by atoms with Crippen molar-refractivity contribution in [3.05, 3.63) is 34.2 Å². The molecule has 1 heterocycles. The van der Waals surface area contributed by atoms with Crippen LogP contribution in [0.1, 0.15) is 36.5 Å². The highest BCUT2D eigenvalue weighted by molar-refractivity contribution is 5.94. The Hall–Kier alpha value is -1.58. The maximum atomic E-state index is 12.0. The van der Waals surface area contributed by atoms with Crippen LogP contribution in [0.3, 0.4) is 0 Å². The summed E-state index contributed by atoms with van der Waals surface area (Å²) in [5, 5.41) is 3.00. The Morgan fingerprint density at radius 2 is 2.24 bits per heavy atom. The van der Waals surface area contributed by atoms with Crippen molar-refractivity contribution in [2.24, 2.45) is 13.0 Å². The minimum atomic E-state index is -0.155. The third kappa shape index (κ3) is 2.57. The van der Waals surface area contributed by atoms with Gasteiger partial charge < -0.3 is 9.88 Å². The molecule has 1 aliphatic carbocycles. The normalized spacial score (nSPS) is 23.6. The van der Waals surface area contributed by atoms with Crippen LogP contribution in [0.5, 0.6) is 0 Å². The molecule has 4 nitrogen and oxygen atoms in total. The van der Waals surface area contributed by atoms with E-state index < -0.39 is 0 Å². The van der Waals surface area contributed by atoms with Gasteiger partial charge in [-0.1, -0.05) is 13.3 Å². The van der Waals surface area contributed by atoms with Gasteiger partial charge in [0.05, 0.1) is 0 Å². The van der Waals surface area contributed by atoms with E-state index in [-0.39, 0.29) is 17.5 Å². The Bertz CT molecular complexity index is 479. The first kappa shape index (κ1) is 11.9. The smallest absolute Gasteiger partial charge is 0.251 e. The maximum absolute atomic E-state index is 12.0. The van der Waals surface area contributed by atoms with Crippen molar-refractivity contribution in [3.8, 4) is 0 Å². The molecule has 1 fully saturated rings. The molecule has 92 valence electrons. The molecule has 4 heteroatoms. The molecule has 1 N–H and O–H groups in total. The van der Waals surface area contributed by atoms with Crippen molar-refractivity contribution in [1.82, 2.24) is 9.88 Å². The molecule has 0 aromatic carbocycles. The lowest BCUT2D eigenvalue weighted by molar-refractivity contribution is 0.0929. The van der Waals surface area contributed by atoms with Crippen molar-refractivity contribution in [1.29, 1.82) is 0 Å². The van der Waals surface area contributed by atoms with E-state index in [4.69, 9.17) is 0 Å². The zero-order valence-corrected chi connectivity index (χ0v) is 10.3. The fourth-order valence-corrected chi connectivity index (χ4v) is 2.30. The lowest BCUT2D eigenvalue weighted by atomic mass is 10.1. The SMILES string of the molecule is CC1CCCC1NC(=O)c1ccn(C)c(=O)c1. The number of nitrogens with one attached hydrogen (secondary N) is 1. The molecule has 1 aliphatic rings. The van der Waals surface area contributed by atoms with Gasteiger partial charge in [-0.2, -0.15) is 0 Å². The first-order chi connectivity index (χ1) is 8.08. The van der Waals surface area contributed by atoms with E-state index >= 15 is 0 Å². The van der Waals surface area contributed by atoms with Gasteiger partial charge in [0.25, 0.3) is 11.5 Å². The van der Waals surface area contributed by atoms with Crippen LogP contribution in [0.2, 0.25) is 0 Å². The molecule has 1 aromatic rings. The van der Waals surface area contributed by atoms with Crippen LogP contribution < -0.4 is 10.9 Å². The van der Waals surface area contributed by atoms with E-state index in [1.165, 1.54) is 23.5 Å². The highest BCUT2D eigenvalue weighted by Gasteiger charge is 2.25. The van der Waals surface area contributed by atoms with Gasteiger partial charge in [-0.15, -0.1) is 0 Å². The molecule has 0 bridgehead atoms. The summed E-state index contributed by atoms with van der Waals surface area (Å²) in [6.07, 6.45) is 5.00. The van der Waals surface area contributed by atoms with Crippen LogP contribution in [-0.4, -0.2) is 16.5 Å². The standard InChI is InChI=1S/C13H18N2O2/c1-9-4-3-5-11(9)14-13(17)10-6-7-15(2)12(16)8-10/h6-9,11H,3-5H2,1-2H3,(H,14,17). The molecule has 0 aliphatic heterocycles. The minimum absolute atomic E-state index is 0.138. The van der Waals surface area contributed by atoms with Gasteiger partial charge in [0.1, 0.15) is 0 Å². The summed E-state index contributed by atoms with van der Waals surface area (Å²) in [5.74, 6) is 0.395. The second-order valence-corrected chi connectivity index (χ2v) is 4.85. The highest BCUT2D eigenvalue weighted by Crippen LogP contribution is 2.24. The number of carbonyl (C=O) groups is 1. The number of aromatic nitrogens is 1. The molecule has 1 saturated carbocycles. The fourth-order valence-electron chi connectivity index (χ4n) is 2.30. The number of rotatable bonds is 2. The molecule has 2 atom stereocenters. The fraction of sp³-hybridized carbons (Fsp3) is 0.538. The average Bonchev–Trinajstić information content (AvgIpc) is 2.68. The molecular weight excluding hydrogens is 216 g/mol. The third-order valence-corrected chi connectivity index (χ3v) is 3.54. The molecule has 2 rings (SSSR count). The monoisotopic (exact) mass is 234 g/mol. The van der Waals surface area contributed by atoms with E-state index in [2.05, 4.69) is 12.2 Å². The van der Waals surface area contributed by atoms with Crippen molar-refractivity contribution in [3.63, 3.8) is 0 Å². The Balaban J connectivity index is 2.09. The zero-order valence-electron chi connectivity index (χ0n) is 10.3. The van der Waals surface area contributed by atoms with E-state index in [1.54, 1.807) is 19.3 Å². The maximum Gasteiger partial charge on any atom is 0.251 e. The van der Waals surface area contributed by atoms with Crippen LogP contribution in [0.4, 0.5) is 0 Å². The first-order valence-corrected chi connectivity index (χ1v) is 6.05. The number of hydrogen-bond acceptors (Lipinski definition) is 2. The summed E-state index contributed by atoms with van der Waals surface area (Å²) in [6.45, 7) is 2.15. The largest absolute Gasteiger partial charge is 0.349 e. The van der Waals surface area contributed by atoms with Crippen LogP contribution in [0, 0.1) is 5.92 Å². The molecule has 17 heavy (non-hydrogen) atoms. The van der Waals surface area contributed by atoms with Gasteiger partial charge in [-0.25, -0.2) is 0 Å². The van der Waals surface area contributed by atoms with Crippen LogP contribution >= 0.6 is 0 Å². The molecule has 2 unspecified atom stereocenters. The van der Waals surface area contributed by atoms with Crippen LogP contribution in [0.25, 0.3) is 0 Å². The summed E-state index contributed by atoms with van der Waals surface area (Å²) in [4.78, 5) is 23.4. The number of amides is 1. The van der Waals surface area contributed by atoms with Crippen molar-refractivity contribution < 1.29 is 4.79 Å². The van der Waals surface area contributed by atoms with E-state index in [9.17, 15) is 9.59 Å². The minimum Gasteiger partial charge on any atom is -0.349 e. The topological polar surface area (TPSA) is 51.1 Å². The second-order valence-electron chi connectivity index (χ2n) is 4.85. The van der Waals surface area contributed by atoms with Crippen molar-refractivity contribution in [2.45, 2.75) is 32.2 Å². The highest BCUT2D eigenvalue weighted by atomic mass is 16.2. The number of aryl methyl sites for hydroxylation is 1. The zero-order chi connectivity index (χ0) is 12.4. The molecular formula is C13H18N2O2. The van der Waals surface area contributed by atoms with Gasteiger partial charge in [-0.3, -0.25) is 9.59 Å². The van der Waals surface area contributed by atoms with E-state index in [1.807, 2.05) is 0 Å². The number of pyridine rings is 1. The number of hydrogen-bond donors (Lipinski definition) is 1. The van der Waals surface area contributed by atoms with Gasteiger partial charge in [0, 0.05) is 30.9 Å². The second kappa shape index (κ2) is 4.73. The molecule has 0 saturated heterocycles. The van der Waals surface area contributed by atoms with Crippen LogP contribution in [-0.2, 0) is 7.05 Å². The predicted octanol–water partition coefficient (Wildman–Crippen LogP) is 1.30. The van der Waals surface area contributed by atoms with Crippen LogP contribution in [0.15, 0.2) is 23.1 Å². The number of carbonyl (C=O) groups excluding carboxylic acids is 1. The summed E-state index contributed by atoms with van der Waals surface area (Å²) < 4.78 is 1.45. The molecule has 1 aromatic heterocycles. The Kier molecular flexibility index (Phi) is 3.31. The molecule has 0 spiro atoms. The first-order valence-electron chi connectivity index (χ1n) is 6.05. The van der Waals surface area contributed by atoms with Crippen molar-refractivity contribution in [2.75, 3.05) is 0 Å². The summed E-state index contributed by atoms with van der Waals surface area (Å²) in [5.41, 5.74) is 0.296. The quantitative estimate of drug-likeness (QED) is 0.838. The van der Waals surface area contributed by atoms with Crippen molar-refractivity contribution >= 4 is 5.91 Å². The summed E-state index contributed by atoms with van der Waals surface area (Å²) in [7, 11) is 1.67. The van der Waals surface area contributed by atoms with Gasteiger partial charge in [-0.05, 0) is 24.8 Å². The Morgan fingerprint density at radius 1 is 1.47 bits per heavy atom. The van der Waals surface area contributed by atoms with Gasteiger partial charge in [0.15, 0.2) is 0 Å². The summed E-state index contributed by atoms with van der Waals surface area (Å²) in [6, 6.07) is 3.32. The third-order valence-electron chi connectivity index (χ3n) is 3.54. The average molecular weight is 234 g/mol. The predicted molar refractivity (Wildman–Crippen MR) is 66.0 cm³/mol. The summed E-state index contributed by atoms with van der Waals surface area (Å²) >= 11 is 0. The van der Waals surface area contributed by atoms with Gasteiger partial charge in [0.2, 0.25) is 0 Å². The van der Waals surface area contributed by atoms with Gasteiger partial charge >= 0.3 is 0 Å².